The van der Waals surface area contributed by atoms with Crippen LogP contribution in [-0.2, 0) is 11.2 Å². The van der Waals surface area contributed by atoms with E-state index in [4.69, 9.17) is 4.74 Å². The van der Waals surface area contributed by atoms with E-state index in [2.05, 4.69) is 54.0 Å². The molecule has 3 rings (SSSR count). The van der Waals surface area contributed by atoms with Gasteiger partial charge in [0, 0.05) is 13.1 Å². The minimum Gasteiger partial charge on any atom is -0.456 e. The number of aryl methyl sites for hydroxylation is 1. The molecule has 2 aromatic carbocycles. The van der Waals surface area contributed by atoms with Crippen LogP contribution in [0.2, 0.25) is 0 Å². The molecule has 2 aromatic rings. The Kier molecular flexibility index (Phi) is 7.77. The van der Waals surface area contributed by atoms with Crippen LogP contribution < -0.4 is 10.6 Å². The van der Waals surface area contributed by atoms with Crippen molar-refractivity contribution in [2.75, 3.05) is 18.9 Å². The molecule has 0 saturated heterocycles. The molecule has 0 atom stereocenters. The van der Waals surface area contributed by atoms with E-state index in [1.807, 2.05) is 33.9 Å². The maximum absolute atomic E-state index is 12.8. The topological polar surface area (TPSA) is 50.4 Å². The van der Waals surface area contributed by atoms with Crippen LogP contribution in [0.4, 0.5) is 5.69 Å². The van der Waals surface area contributed by atoms with Crippen molar-refractivity contribution in [3.05, 3.63) is 64.7 Å². The van der Waals surface area contributed by atoms with Crippen molar-refractivity contribution in [2.45, 2.75) is 77.4 Å². The average Bonchev–Trinajstić information content (AvgIpc) is 2.73. The summed E-state index contributed by atoms with van der Waals surface area (Å²) in [4.78, 5) is 12.8. The van der Waals surface area contributed by atoms with Gasteiger partial charge in [-0.15, -0.1) is 0 Å². The van der Waals surface area contributed by atoms with Gasteiger partial charge in [0.1, 0.15) is 5.60 Å². The molecule has 0 heterocycles. The van der Waals surface area contributed by atoms with Crippen LogP contribution in [-0.4, -0.2) is 31.2 Å². The Balaban J connectivity index is 1.64. The Morgan fingerprint density at radius 3 is 2.32 bits per heavy atom. The summed E-state index contributed by atoms with van der Waals surface area (Å²) in [5.74, 6) is 0.214. The monoisotopic (exact) mass is 422 g/mol. The van der Waals surface area contributed by atoms with Gasteiger partial charge in [-0.05, 0) is 95.0 Å². The van der Waals surface area contributed by atoms with Gasteiger partial charge in [0.25, 0.3) is 0 Å². The summed E-state index contributed by atoms with van der Waals surface area (Å²) in [6.07, 6.45) is 5.67. The first-order chi connectivity index (χ1) is 14.8. The lowest BCUT2D eigenvalue weighted by molar-refractivity contribution is 0.00705. The van der Waals surface area contributed by atoms with Gasteiger partial charge in [-0.2, -0.15) is 0 Å². The highest BCUT2D eigenvalue weighted by molar-refractivity contribution is 5.97. The van der Waals surface area contributed by atoms with Gasteiger partial charge in [0.05, 0.1) is 11.3 Å². The molecule has 168 valence electrons. The number of carbonyl (C=O) groups excluding carboxylic acids is 1. The summed E-state index contributed by atoms with van der Waals surface area (Å²) >= 11 is 0. The zero-order chi connectivity index (χ0) is 22.4. The summed E-state index contributed by atoms with van der Waals surface area (Å²) in [7, 11) is 1.91. The molecule has 1 saturated carbocycles. The van der Waals surface area contributed by atoms with Crippen LogP contribution in [0, 0.1) is 6.92 Å². The van der Waals surface area contributed by atoms with Crippen molar-refractivity contribution < 1.29 is 9.53 Å². The molecule has 1 aliphatic carbocycles. The largest absolute Gasteiger partial charge is 0.456 e. The smallest absolute Gasteiger partial charge is 0.340 e. The van der Waals surface area contributed by atoms with Crippen LogP contribution in [0.3, 0.4) is 0 Å². The van der Waals surface area contributed by atoms with Gasteiger partial charge in [0.15, 0.2) is 0 Å². The Morgan fingerprint density at radius 2 is 1.71 bits per heavy atom. The lowest BCUT2D eigenvalue weighted by atomic mass is 9.78. The third kappa shape index (κ3) is 6.33. The van der Waals surface area contributed by atoms with Crippen molar-refractivity contribution in [1.29, 1.82) is 0 Å². The van der Waals surface area contributed by atoms with Crippen molar-refractivity contribution in [3.63, 3.8) is 0 Å². The normalized spacial score (nSPS) is 19.1. The second-order valence-electron chi connectivity index (χ2n) is 9.71. The van der Waals surface area contributed by atoms with Crippen LogP contribution in [0.5, 0.6) is 0 Å². The first-order valence-corrected chi connectivity index (χ1v) is 11.6. The SMILES string of the molecule is CNc1c(C(=O)OC(C)(C)C)ccc(C)c1[C@H]1CC[C@H](NCCc2ccccc2)CC1. The highest BCUT2D eigenvalue weighted by Crippen LogP contribution is 2.40. The van der Waals surface area contributed by atoms with E-state index in [0.717, 1.165) is 31.5 Å². The molecule has 2 N–H and O–H groups in total. The van der Waals surface area contributed by atoms with Crippen molar-refractivity contribution in [3.8, 4) is 0 Å². The molecule has 1 fully saturated rings. The Hall–Kier alpha value is -2.33. The summed E-state index contributed by atoms with van der Waals surface area (Å²) in [6, 6.07) is 15.2. The number of anilines is 1. The van der Waals surface area contributed by atoms with E-state index in [1.54, 1.807) is 0 Å². The standard InChI is InChI=1S/C27H38N2O2/c1-19-11-16-23(26(30)31-27(2,3)4)25(28-5)24(19)21-12-14-22(15-13-21)29-18-17-20-9-7-6-8-10-20/h6-11,16,21-22,28-29H,12-15,17-18H2,1-5H3/t21-,22-. The molecule has 0 spiro atoms. The molecule has 1 aliphatic rings. The van der Waals surface area contributed by atoms with Crippen molar-refractivity contribution in [2.24, 2.45) is 0 Å². The minimum atomic E-state index is -0.503. The number of rotatable bonds is 7. The van der Waals surface area contributed by atoms with E-state index in [-0.39, 0.29) is 5.97 Å². The van der Waals surface area contributed by atoms with Gasteiger partial charge in [-0.25, -0.2) is 4.79 Å². The number of hydrogen-bond acceptors (Lipinski definition) is 4. The summed E-state index contributed by atoms with van der Waals surface area (Å²) in [5, 5.41) is 7.07. The van der Waals surface area contributed by atoms with E-state index in [9.17, 15) is 4.79 Å². The van der Waals surface area contributed by atoms with E-state index in [1.165, 1.54) is 29.5 Å². The fourth-order valence-corrected chi connectivity index (χ4v) is 4.67. The summed E-state index contributed by atoms with van der Waals surface area (Å²) in [5.41, 5.74) is 5.00. The fraction of sp³-hybridized carbons (Fsp3) is 0.519. The Morgan fingerprint density at radius 1 is 1.03 bits per heavy atom. The van der Waals surface area contributed by atoms with E-state index < -0.39 is 5.60 Å². The number of nitrogens with one attached hydrogen (secondary N) is 2. The molecule has 0 aromatic heterocycles. The maximum atomic E-state index is 12.8. The van der Waals surface area contributed by atoms with Crippen LogP contribution in [0.1, 0.15) is 79.4 Å². The van der Waals surface area contributed by atoms with Crippen LogP contribution >= 0.6 is 0 Å². The van der Waals surface area contributed by atoms with E-state index >= 15 is 0 Å². The first-order valence-electron chi connectivity index (χ1n) is 11.6. The number of ether oxygens (including phenoxy) is 1. The molecule has 0 unspecified atom stereocenters. The quantitative estimate of drug-likeness (QED) is 0.550. The predicted molar refractivity (Wildman–Crippen MR) is 129 cm³/mol. The molecular weight excluding hydrogens is 384 g/mol. The highest BCUT2D eigenvalue weighted by atomic mass is 16.6. The predicted octanol–water partition coefficient (Wildman–Crippen LogP) is 5.85. The summed E-state index contributed by atoms with van der Waals surface area (Å²) < 4.78 is 5.66. The molecule has 4 heteroatoms. The van der Waals surface area contributed by atoms with Crippen LogP contribution in [0.25, 0.3) is 0 Å². The van der Waals surface area contributed by atoms with Crippen molar-refractivity contribution in [1.82, 2.24) is 5.32 Å². The molecule has 0 radical (unpaired) electrons. The molecular formula is C27H38N2O2. The average molecular weight is 423 g/mol. The third-order valence-electron chi connectivity index (χ3n) is 6.16. The van der Waals surface area contributed by atoms with Gasteiger partial charge in [-0.3, -0.25) is 0 Å². The van der Waals surface area contributed by atoms with Gasteiger partial charge < -0.3 is 15.4 Å². The second-order valence-corrected chi connectivity index (χ2v) is 9.71. The third-order valence-corrected chi connectivity index (χ3v) is 6.16. The van der Waals surface area contributed by atoms with Gasteiger partial charge in [0.2, 0.25) is 0 Å². The number of hydrogen-bond donors (Lipinski definition) is 2. The number of carbonyl (C=O) groups is 1. The molecule has 0 amide bonds. The van der Waals surface area contributed by atoms with Gasteiger partial charge in [-0.1, -0.05) is 36.4 Å². The van der Waals surface area contributed by atoms with Crippen LogP contribution in [0.15, 0.2) is 42.5 Å². The molecule has 4 nitrogen and oxygen atoms in total. The summed E-state index contributed by atoms with van der Waals surface area (Å²) in [6.45, 7) is 8.90. The zero-order valence-electron chi connectivity index (χ0n) is 19.8. The minimum absolute atomic E-state index is 0.255. The number of benzene rings is 2. The number of esters is 1. The second kappa shape index (κ2) is 10.3. The maximum Gasteiger partial charge on any atom is 0.340 e. The molecule has 0 bridgehead atoms. The first kappa shape index (κ1) is 23.3. The van der Waals surface area contributed by atoms with Gasteiger partial charge >= 0.3 is 5.97 Å². The Labute approximate surface area is 187 Å². The molecule has 31 heavy (non-hydrogen) atoms. The van der Waals surface area contributed by atoms with Crippen molar-refractivity contribution >= 4 is 11.7 Å². The lowest BCUT2D eigenvalue weighted by Crippen LogP contribution is -2.34. The fourth-order valence-electron chi connectivity index (χ4n) is 4.67. The lowest BCUT2D eigenvalue weighted by Gasteiger charge is -2.32. The highest BCUT2D eigenvalue weighted by Gasteiger charge is 2.28. The molecule has 0 aliphatic heterocycles. The zero-order valence-corrected chi connectivity index (χ0v) is 19.8. The van der Waals surface area contributed by atoms with E-state index in [0.29, 0.717) is 17.5 Å². The Bertz CT molecular complexity index is 863.